The van der Waals surface area contributed by atoms with Crippen LogP contribution in [0.5, 0.6) is 17.2 Å². The van der Waals surface area contributed by atoms with Crippen molar-refractivity contribution < 1.29 is 18.4 Å². The molecule has 0 spiro atoms. The molecule has 1 aromatic carbocycles. The van der Waals surface area contributed by atoms with Gasteiger partial charge in [-0.05, 0) is 30.9 Å². The maximum Gasteiger partial charge on any atom is 0.162 e. The molecular weight excluding hydrogens is 314 g/mol. The Kier molecular flexibility index (Phi) is 5.00. The molecule has 1 aromatic heterocycles. The van der Waals surface area contributed by atoms with Gasteiger partial charge in [-0.15, -0.1) is 0 Å². The van der Waals surface area contributed by atoms with Gasteiger partial charge in [-0.25, -0.2) is 0 Å². The van der Waals surface area contributed by atoms with Gasteiger partial charge in [0.15, 0.2) is 11.5 Å². The molecule has 0 N–H and O–H groups in total. The highest BCUT2D eigenvalue weighted by atomic mass is 32.2. The number of benzene rings is 1. The lowest BCUT2D eigenvalue weighted by atomic mass is 10.0. The minimum Gasteiger partial charge on any atom is -0.493 e. The largest absolute Gasteiger partial charge is 0.493 e. The highest BCUT2D eigenvalue weighted by molar-refractivity contribution is 7.85. The Labute approximate surface area is 138 Å². The van der Waals surface area contributed by atoms with Crippen molar-refractivity contribution in [3.05, 3.63) is 24.4 Å². The summed E-state index contributed by atoms with van der Waals surface area (Å²) in [6.07, 6.45) is 3.67. The van der Waals surface area contributed by atoms with Crippen LogP contribution < -0.4 is 14.2 Å². The van der Waals surface area contributed by atoms with E-state index >= 15 is 0 Å². The Balaban J connectivity index is 1.81. The van der Waals surface area contributed by atoms with Gasteiger partial charge in [0.2, 0.25) is 0 Å². The van der Waals surface area contributed by atoms with Gasteiger partial charge in [-0.3, -0.25) is 9.19 Å². The lowest BCUT2D eigenvalue weighted by Gasteiger charge is -2.22. The SMILES string of the molecule is COc1cc2nccc(OCC3CCS(=O)CC3)c2cc1OC. The molecule has 0 aliphatic carbocycles. The minimum atomic E-state index is -0.635. The molecule has 0 unspecified atom stereocenters. The molecule has 2 aromatic rings. The molecule has 2 heterocycles. The Morgan fingerprint density at radius 2 is 1.83 bits per heavy atom. The van der Waals surface area contributed by atoms with Crippen molar-refractivity contribution in [3.63, 3.8) is 0 Å². The van der Waals surface area contributed by atoms with Crippen LogP contribution in [0.1, 0.15) is 12.8 Å². The summed E-state index contributed by atoms with van der Waals surface area (Å²) in [4.78, 5) is 4.37. The first-order valence-corrected chi connectivity index (χ1v) is 9.18. The second-order valence-corrected chi connectivity index (χ2v) is 7.33. The van der Waals surface area contributed by atoms with Gasteiger partial charge >= 0.3 is 0 Å². The molecule has 6 heteroatoms. The van der Waals surface area contributed by atoms with Crippen molar-refractivity contribution in [3.8, 4) is 17.2 Å². The predicted octanol–water partition coefficient (Wildman–Crippen LogP) is 2.79. The molecule has 124 valence electrons. The quantitative estimate of drug-likeness (QED) is 0.841. The molecule has 0 amide bonds. The van der Waals surface area contributed by atoms with Crippen LogP contribution in [0.4, 0.5) is 0 Å². The average molecular weight is 335 g/mol. The van der Waals surface area contributed by atoms with Gasteiger partial charge in [0.25, 0.3) is 0 Å². The number of methoxy groups -OCH3 is 2. The smallest absolute Gasteiger partial charge is 0.162 e. The fourth-order valence-electron chi connectivity index (χ4n) is 2.79. The van der Waals surface area contributed by atoms with Crippen LogP contribution >= 0.6 is 0 Å². The summed E-state index contributed by atoms with van der Waals surface area (Å²) in [5.41, 5.74) is 0.810. The maximum absolute atomic E-state index is 11.4. The zero-order valence-corrected chi connectivity index (χ0v) is 14.2. The molecule has 3 rings (SSSR count). The third-order valence-electron chi connectivity index (χ3n) is 4.19. The number of nitrogens with zero attached hydrogens (tertiary/aromatic N) is 1. The first-order chi connectivity index (χ1) is 11.2. The molecule has 0 atom stereocenters. The zero-order chi connectivity index (χ0) is 16.2. The van der Waals surface area contributed by atoms with Crippen LogP contribution in [0, 0.1) is 5.92 Å². The molecule has 0 saturated carbocycles. The highest BCUT2D eigenvalue weighted by Gasteiger charge is 2.19. The molecule has 1 fully saturated rings. The maximum atomic E-state index is 11.4. The third-order valence-corrected chi connectivity index (χ3v) is 5.57. The number of pyridine rings is 1. The number of hydrogen-bond donors (Lipinski definition) is 0. The van der Waals surface area contributed by atoms with Crippen molar-refractivity contribution in [1.82, 2.24) is 4.98 Å². The van der Waals surface area contributed by atoms with E-state index in [9.17, 15) is 4.21 Å². The van der Waals surface area contributed by atoms with E-state index in [1.165, 1.54) is 0 Å². The van der Waals surface area contributed by atoms with Crippen molar-refractivity contribution in [2.75, 3.05) is 32.3 Å². The number of fused-ring (bicyclic) bond motifs is 1. The van der Waals surface area contributed by atoms with Crippen LogP contribution in [0.25, 0.3) is 10.9 Å². The zero-order valence-electron chi connectivity index (χ0n) is 13.4. The third kappa shape index (κ3) is 3.58. The standard InChI is InChI=1S/C17H21NO4S/c1-20-16-9-13-14(10-17(16)21-2)18-6-3-15(13)22-11-12-4-7-23(19)8-5-12/h3,6,9-10,12H,4-5,7-8,11H2,1-2H3. The van der Waals surface area contributed by atoms with E-state index in [2.05, 4.69) is 4.98 Å². The Hall–Kier alpha value is -1.82. The summed E-state index contributed by atoms with van der Waals surface area (Å²) in [6.45, 7) is 0.644. The predicted molar refractivity (Wildman–Crippen MR) is 90.9 cm³/mol. The summed E-state index contributed by atoms with van der Waals surface area (Å²) >= 11 is 0. The van der Waals surface area contributed by atoms with Crippen LogP contribution in [0.3, 0.4) is 0 Å². The monoisotopic (exact) mass is 335 g/mol. The summed E-state index contributed by atoms with van der Waals surface area (Å²) in [5.74, 6) is 4.15. The average Bonchev–Trinajstić information content (AvgIpc) is 2.60. The van der Waals surface area contributed by atoms with Gasteiger partial charge in [-0.2, -0.15) is 0 Å². The molecule has 23 heavy (non-hydrogen) atoms. The number of rotatable bonds is 5. The summed E-state index contributed by atoms with van der Waals surface area (Å²) in [6, 6.07) is 5.62. The molecule has 0 bridgehead atoms. The van der Waals surface area contributed by atoms with E-state index in [4.69, 9.17) is 14.2 Å². The van der Waals surface area contributed by atoms with Crippen LogP contribution in [0.15, 0.2) is 24.4 Å². The highest BCUT2D eigenvalue weighted by Crippen LogP contribution is 2.35. The molecule has 1 aliphatic rings. The van der Waals surface area contributed by atoms with E-state index < -0.39 is 10.8 Å². The lowest BCUT2D eigenvalue weighted by Crippen LogP contribution is -2.23. The van der Waals surface area contributed by atoms with E-state index in [1.807, 2.05) is 18.2 Å². The fourth-order valence-corrected chi connectivity index (χ4v) is 4.19. The van der Waals surface area contributed by atoms with Crippen LogP contribution in [-0.4, -0.2) is 41.5 Å². The van der Waals surface area contributed by atoms with Gasteiger partial charge in [0, 0.05) is 40.0 Å². The van der Waals surface area contributed by atoms with E-state index in [0.717, 1.165) is 41.0 Å². The van der Waals surface area contributed by atoms with E-state index in [-0.39, 0.29) is 0 Å². The second kappa shape index (κ2) is 7.17. The second-order valence-electron chi connectivity index (χ2n) is 5.64. The molecule has 5 nitrogen and oxygen atoms in total. The van der Waals surface area contributed by atoms with Crippen molar-refractivity contribution in [2.24, 2.45) is 5.92 Å². The van der Waals surface area contributed by atoms with Crippen LogP contribution in [-0.2, 0) is 10.8 Å². The van der Waals surface area contributed by atoms with E-state index in [1.54, 1.807) is 20.4 Å². The Morgan fingerprint density at radius 3 is 2.52 bits per heavy atom. The van der Waals surface area contributed by atoms with Gasteiger partial charge in [0.05, 0.1) is 26.3 Å². The van der Waals surface area contributed by atoms with Gasteiger partial charge in [-0.1, -0.05) is 0 Å². The molecule has 1 saturated heterocycles. The fraction of sp³-hybridized carbons (Fsp3) is 0.471. The molecular formula is C17H21NO4S. The number of aromatic nitrogens is 1. The van der Waals surface area contributed by atoms with Crippen molar-refractivity contribution in [2.45, 2.75) is 12.8 Å². The lowest BCUT2D eigenvalue weighted by molar-refractivity contribution is 0.241. The van der Waals surface area contributed by atoms with Gasteiger partial charge < -0.3 is 14.2 Å². The minimum absolute atomic E-state index is 0.469. The summed E-state index contributed by atoms with van der Waals surface area (Å²) in [5, 5.41) is 0.907. The van der Waals surface area contributed by atoms with E-state index in [0.29, 0.717) is 24.0 Å². The van der Waals surface area contributed by atoms with Crippen molar-refractivity contribution in [1.29, 1.82) is 0 Å². The molecule has 0 radical (unpaired) electrons. The Morgan fingerprint density at radius 1 is 1.13 bits per heavy atom. The normalized spacial score (nSPS) is 21.1. The summed E-state index contributed by atoms with van der Waals surface area (Å²) < 4.78 is 28.1. The topological polar surface area (TPSA) is 57.7 Å². The first-order valence-electron chi connectivity index (χ1n) is 7.69. The molecule has 1 aliphatic heterocycles. The number of hydrogen-bond acceptors (Lipinski definition) is 5. The van der Waals surface area contributed by atoms with Gasteiger partial charge in [0.1, 0.15) is 5.75 Å². The number of ether oxygens (including phenoxy) is 3. The van der Waals surface area contributed by atoms with Crippen molar-refractivity contribution >= 4 is 21.7 Å². The van der Waals surface area contributed by atoms with Crippen LogP contribution in [0.2, 0.25) is 0 Å². The first kappa shape index (κ1) is 16.1. The summed E-state index contributed by atoms with van der Waals surface area (Å²) in [7, 11) is 2.59. The Bertz CT molecular complexity index is 709.